The molecule has 1 rings (SSSR count). The van der Waals surface area contributed by atoms with E-state index in [1.165, 1.54) is 12.1 Å². The Bertz CT molecular complexity index is 946. The molecule has 0 aliphatic heterocycles. The van der Waals surface area contributed by atoms with Gasteiger partial charge in [-0.3, -0.25) is 14.4 Å². The lowest BCUT2D eigenvalue weighted by molar-refractivity contribution is -0.141. The zero-order valence-corrected chi connectivity index (χ0v) is 23.5. The second kappa shape index (κ2) is 16.0. The second-order valence-corrected chi connectivity index (χ2v) is 10.0. The maximum atomic E-state index is 12.7. The molecule has 0 bridgehead atoms. The Labute approximate surface area is 225 Å². The number of benzene rings is 1. The topological polar surface area (TPSA) is 151 Å². The SMILES string of the molecule is CCCC(C)C(=O)Oc1ccc(C(C(C)COC(=O)OC(C)C)[C@H](N)C(=O)O)cc1OC(=O)C(C)CCC. The molecule has 5 atom stereocenters. The van der Waals surface area contributed by atoms with E-state index in [0.717, 1.165) is 12.8 Å². The predicted molar refractivity (Wildman–Crippen MR) is 141 cm³/mol. The summed E-state index contributed by atoms with van der Waals surface area (Å²) in [4.78, 5) is 49.1. The molecule has 0 saturated heterocycles. The number of ether oxygens (including phenoxy) is 4. The molecule has 10 heteroatoms. The number of aliphatic carboxylic acids is 1. The largest absolute Gasteiger partial charge is 0.508 e. The van der Waals surface area contributed by atoms with E-state index >= 15 is 0 Å². The van der Waals surface area contributed by atoms with Crippen molar-refractivity contribution in [3.8, 4) is 11.5 Å². The molecule has 3 N–H and O–H groups in total. The number of nitrogens with two attached hydrogens (primary N) is 1. The fourth-order valence-electron chi connectivity index (χ4n) is 3.99. The first kappa shape index (κ1) is 32.9. The van der Waals surface area contributed by atoms with Crippen molar-refractivity contribution in [3.05, 3.63) is 23.8 Å². The van der Waals surface area contributed by atoms with Crippen molar-refractivity contribution in [2.75, 3.05) is 6.61 Å². The van der Waals surface area contributed by atoms with E-state index < -0.39 is 47.9 Å². The lowest BCUT2D eigenvalue weighted by Crippen LogP contribution is -2.40. The molecule has 0 saturated carbocycles. The van der Waals surface area contributed by atoms with E-state index in [1.54, 1.807) is 40.7 Å². The Morgan fingerprint density at radius 2 is 1.39 bits per heavy atom. The van der Waals surface area contributed by atoms with Crippen LogP contribution in [0.5, 0.6) is 11.5 Å². The van der Waals surface area contributed by atoms with Gasteiger partial charge in [0.15, 0.2) is 11.5 Å². The first-order valence-corrected chi connectivity index (χ1v) is 13.2. The lowest BCUT2D eigenvalue weighted by atomic mass is 9.82. The minimum Gasteiger partial charge on any atom is -0.480 e. The number of hydrogen-bond donors (Lipinski definition) is 2. The molecule has 4 unspecified atom stereocenters. The minimum atomic E-state index is -1.37. The van der Waals surface area contributed by atoms with E-state index in [2.05, 4.69) is 0 Å². The predicted octanol–water partition coefficient (Wildman–Crippen LogP) is 5.06. The summed E-state index contributed by atoms with van der Waals surface area (Å²) in [5, 5.41) is 9.68. The zero-order chi connectivity index (χ0) is 29.0. The van der Waals surface area contributed by atoms with E-state index in [9.17, 15) is 24.3 Å². The molecular formula is C28H43NO9. The smallest absolute Gasteiger partial charge is 0.480 e. The number of hydrogen-bond acceptors (Lipinski definition) is 9. The summed E-state index contributed by atoms with van der Waals surface area (Å²) in [7, 11) is 0. The molecule has 10 nitrogen and oxygen atoms in total. The van der Waals surface area contributed by atoms with Crippen LogP contribution in [-0.4, -0.2) is 47.9 Å². The van der Waals surface area contributed by atoms with Gasteiger partial charge in [0.05, 0.1) is 24.5 Å². The summed E-state index contributed by atoms with van der Waals surface area (Å²) in [6.45, 7) is 12.3. The molecule has 214 valence electrons. The Morgan fingerprint density at radius 3 is 1.87 bits per heavy atom. The Hall–Kier alpha value is -3.14. The van der Waals surface area contributed by atoms with E-state index in [-0.39, 0.29) is 30.1 Å². The molecule has 0 heterocycles. The summed E-state index contributed by atoms with van der Waals surface area (Å²) < 4.78 is 21.3. The van der Waals surface area contributed by atoms with Crippen molar-refractivity contribution in [2.24, 2.45) is 23.5 Å². The summed E-state index contributed by atoms with van der Waals surface area (Å²) >= 11 is 0. The monoisotopic (exact) mass is 537 g/mol. The van der Waals surface area contributed by atoms with Gasteiger partial charge in [-0.25, -0.2) is 4.79 Å². The van der Waals surface area contributed by atoms with Crippen molar-refractivity contribution in [2.45, 2.75) is 92.2 Å². The van der Waals surface area contributed by atoms with Gasteiger partial charge in [-0.05, 0) is 50.3 Å². The van der Waals surface area contributed by atoms with Gasteiger partial charge in [0.1, 0.15) is 6.04 Å². The highest BCUT2D eigenvalue weighted by atomic mass is 16.7. The third-order valence-corrected chi connectivity index (χ3v) is 6.10. The summed E-state index contributed by atoms with van der Waals surface area (Å²) in [6.07, 6.45) is 1.56. The number of carboxylic acids is 1. The van der Waals surface area contributed by atoms with Crippen molar-refractivity contribution < 1.29 is 43.2 Å². The van der Waals surface area contributed by atoms with Crippen LogP contribution in [0.2, 0.25) is 0 Å². The number of esters is 2. The Morgan fingerprint density at radius 1 is 0.868 bits per heavy atom. The quantitative estimate of drug-likeness (QED) is 0.229. The molecule has 0 spiro atoms. The number of carbonyl (C=O) groups excluding carboxylic acids is 3. The molecule has 0 radical (unpaired) electrons. The van der Waals surface area contributed by atoms with Crippen LogP contribution in [0.4, 0.5) is 4.79 Å². The van der Waals surface area contributed by atoms with Crippen LogP contribution in [-0.2, 0) is 23.9 Å². The fourth-order valence-corrected chi connectivity index (χ4v) is 3.99. The molecule has 0 aromatic heterocycles. The highest BCUT2D eigenvalue weighted by Gasteiger charge is 2.33. The van der Waals surface area contributed by atoms with Crippen molar-refractivity contribution >= 4 is 24.1 Å². The average Bonchev–Trinajstić information content (AvgIpc) is 2.83. The van der Waals surface area contributed by atoms with Crippen LogP contribution in [0.25, 0.3) is 0 Å². The standard InChI is InChI=1S/C28H43NO9/c1-8-10-17(5)26(32)37-21-13-12-20(14-22(21)38-27(33)18(6)11-9-2)23(24(29)25(30)31)19(7)15-35-28(34)36-16(3)4/h12-14,16-19,23-24H,8-11,15,29H2,1-7H3,(H,30,31)/t17?,18?,19?,23?,24-/m0/s1. The van der Waals surface area contributed by atoms with Crippen LogP contribution < -0.4 is 15.2 Å². The Kier molecular flexibility index (Phi) is 13.8. The molecular weight excluding hydrogens is 494 g/mol. The summed E-state index contributed by atoms with van der Waals surface area (Å²) in [6, 6.07) is 3.12. The average molecular weight is 538 g/mol. The molecule has 1 aromatic rings. The van der Waals surface area contributed by atoms with Crippen LogP contribution in [0.3, 0.4) is 0 Å². The van der Waals surface area contributed by atoms with Gasteiger partial charge in [-0.2, -0.15) is 0 Å². The molecule has 0 aliphatic carbocycles. The molecule has 0 aliphatic rings. The third kappa shape index (κ3) is 10.3. The Balaban J connectivity index is 3.40. The van der Waals surface area contributed by atoms with E-state index in [0.29, 0.717) is 18.4 Å². The number of carbonyl (C=O) groups is 4. The highest BCUT2D eigenvalue weighted by molar-refractivity contribution is 5.79. The maximum absolute atomic E-state index is 12.7. The lowest BCUT2D eigenvalue weighted by Gasteiger charge is -2.28. The van der Waals surface area contributed by atoms with Gasteiger partial charge in [0.2, 0.25) is 0 Å². The number of rotatable bonds is 15. The zero-order valence-electron chi connectivity index (χ0n) is 23.5. The van der Waals surface area contributed by atoms with Crippen LogP contribution in [0.15, 0.2) is 18.2 Å². The van der Waals surface area contributed by atoms with Crippen LogP contribution in [0, 0.1) is 17.8 Å². The molecule has 0 fully saturated rings. The van der Waals surface area contributed by atoms with Gasteiger partial charge in [-0.1, -0.05) is 53.5 Å². The van der Waals surface area contributed by atoms with Gasteiger partial charge in [-0.15, -0.1) is 0 Å². The van der Waals surface area contributed by atoms with Crippen LogP contribution >= 0.6 is 0 Å². The fraction of sp³-hybridized carbons (Fsp3) is 0.643. The van der Waals surface area contributed by atoms with Crippen molar-refractivity contribution in [1.82, 2.24) is 0 Å². The van der Waals surface area contributed by atoms with E-state index in [1.807, 2.05) is 13.8 Å². The first-order chi connectivity index (χ1) is 17.8. The van der Waals surface area contributed by atoms with Gasteiger partial charge in [0, 0.05) is 5.92 Å². The van der Waals surface area contributed by atoms with Gasteiger partial charge in [0.25, 0.3) is 0 Å². The first-order valence-electron chi connectivity index (χ1n) is 13.2. The highest BCUT2D eigenvalue weighted by Crippen LogP contribution is 2.36. The van der Waals surface area contributed by atoms with E-state index in [4.69, 9.17) is 24.7 Å². The van der Waals surface area contributed by atoms with Gasteiger partial charge < -0.3 is 29.8 Å². The third-order valence-electron chi connectivity index (χ3n) is 6.10. The van der Waals surface area contributed by atoms with Crippen molar-refractivity contribution in [3.63, 3.8) is 0 Å². The molecule has 0 amide bonds. The summed E-state index contributed by atoms with van der Waals surface area (Å²) in [5.41, 5.74) is 6.46. The van der Waals surface area contributed by atoms with Crippen LogP contribution in [0.1, 0.15) is 85.6 Å². The second-order valence-electron chi connectivity index (χ2n) is 10.0. The minimum absolute atomic E-state index is 0.0116. The number of carboxylic acid groups (broad SMARTS) is 1. The molecule has 1 aromatic carbocycles. The van der Waals surface area contributed by atoms with Gasteiger partial charge >= 0.3 is 24.1 Å². The normalized spacial score (nSPS) is 15.1. The van der Waals surface area contributed by atoms with Crippen molar-refractivity contribution in [1.29, 1.82) is 0 Å². The molecule has 38 heavy (non-hydrogen) atoms. The summed E-state index contributed by atoms with van der Waals surface area (Å²) in [5.74, 6) is -4.35. The maximum Gasteiger partial charge on any atom is 0.508 e.